The Morgan fingerprint density at radius 2 is 2.06 bits per heavy atom. The van der Waals surface area contributed by atoms with E-state index in [1.54, 1.807) is 6.20 Å². The van der Waals surface area contributed by atoms with E-state index >= 15 is 0 Å². The van der Waals surface area contributed by atoms with E-state index in [0.717, 1.165) is 23.2 Å². The third-order valence-electron chi connectivity index (χ3n) is 2.54. The van der Waals surface area contributed by atoms with Crippen LogP contribution in [0.5, 0.6) is 0 Å². The van der Waals surface area contributed by atoms with Crippen LogP contribution >= 0.6 is 11.6 Å². The van der Waals surface area contributed by atoms with E-state index in [1.165, 1.54) is 5.56 Å². The first kappa shape index (κ1) is 12.1. The second-order valence-corrected chi connectivity index (χ2v) is 4.47. The van der Waals surface area contributed by atoms with Crippen LogP contribution in [0.15, 0.2) is 34.9 Å². The van der Waals surface area contributed by atoms with Gasteiger partial charge in [0.1, 0.15) is 5.76 Å². The summed E-state index contributed by atoms with van der Waals surface area (Å²) in [6, 6.07) is 7.88. The summed E-state index contributed by atoms with van der Waals surface area (Å²) in [5, 5.41) is 4.10. The minimum Gasteiger partial charge on any atom is -0.444 e. The third-order valence-corrected chi connectivity index (χ3v) is 2.79. The van der Waals surface area contributed by atoms with Gasteiger partial charge >= 0.3 is 0 Å². The van der Waals surface area contributed by atoms with Gasteiger partial charge in [-0.15, -0.1) is 0 Å². The molecule has 0 aliphatic heterocycles. The number of nitrogens with zero attached hydrogens (tertiary/aromatic N) is 1. The van der Waals surface area contributed by atoms with Gasteiger partial charge < -0.3 is 9.73 Å². The molecule has 0 saturated heterocycles. The largest absolute Gasteiger partial charge is 0.444 e. The number of nitrogens with one attached hydrogen (secondary N) is 1. The summed E-state index contributed by atoms with van der Waals surface area (Å²) in [6.07, 6.45) is 1.73. The average Bonchev–Trinajstić information content (AvgIpc) is 2.75. The predicted octanol–water partition coefficient (Wildman–Crippen LogP) is 3.49. The summed E-state index contributed by atoms with van der Waals surface area (Å²) >= 11 is 5.83. The minimum absolute atomic E-state index is 0.0966. The molecule has 1 atom stereocenters. The monoisotopic (exact) mass is 250 g/mol. The van der Waals surface area contributed by atoms with Crippen LogP contribution in [0.1, 0.15) is 30.2 Å². The Balaban J connectivity index is 1.92. The van der Waals surface area contributed by atoms with Gasteiger partial charge in [-0.3, -0.25) is 0 Å². The first-order valence-corrected chi connectivity index (χ1v) is 5.93. The zero-order valence-electron chi connectivity index (χ0n) is 9.90. The van der Waals surface area contributed by atoms with Crippen molar-refractivity contribution in [1.29, 1.82) is 0 Å². The van der Waals surface area contributed by atoms with Crippen LogP contribution in [0.4, 0.5) is 0 Å². The van der Waals surface area contributed by atoms with Gasteiger partial charge in [-0.05, 0) is 31.5 Å². The molecule has 1 heterocycles. The van der Waals surface area contributed by atoms with Crippen molar-refractivity contribution in [3.05, 3.63) is 52.7 Å². The molecule has 4 heteroatoms. The van der Waals surface area contributed by atoms with Crippen molar-refractivity contribution in [3.63, 3.8) is 0 Å². The zero-order valence-corrected chi connectivity index (χ0v) is 10.7. The third kappa shape index (κ3) is 3.32. The van der Waals surface area contributed by atoms with E-state index < -0.39 is 0 Å². The molecule has 0 aliphatic rings. The second-order valence-electron chi connectivity index (χ2n) is 4.04. The van der Waals surface area contributed by atoms with E-state index in [0.29, 0.717) is 0 Å². The lowest BCUT2D eigenvalue weighted by molar-refractivity contribution is 0.402. The van der Waals surface area contributed by atoms with Crippen molar-refractivity contribution in [2.75, 3.05) is 0 Å². The highest BCUT2D eigenvalue weighted by atomic mass is 35.5. The molecule has 0 bridgehead atoms. The molecule has 1 unspecified atom stereocenters. The topological polar surface area (TPSA) is 38.1 Å². The van der Waals surface area contributed by atoms with Gasteiger partial charge in [0.2, 0.25) is 5.89 Å². The molecule has 1 N–H and O–H groups in total. The van der Waals surface area contributed by atoms with Crippen molar-refractivity contribution in [2.24, 2.45) is 0 Å². The molecule has 17 heavy (non-hydrogen) atoms. The van der Waals surface area contributed by atoms with E-state index in [1.807, 2.05) is 38.1 Å². The smallest absolute Gasteiger partial charge is 0.211 e. The maximum absolute atomic E-state index is 5.83. The molecule has 0 fully saturated rings. The minimum atomic E-state index is 0.0966. The lowest BCUT2D eigenvalue weighted by Crippen LogP contribution is -2.18. The van der Waals surface area contributed by atoms with Crippen LogP contribution in [0.25, 0.3) is 0 Å². The molecule has 3 nitrogen and oxygen atoms in total. The van der Waals surface area contributed by atoms with Crippen molar-refractivity contribution in [2.45, 2.75) is 26.4 Å². The molecule has 1 aromatic heterocycles. The molecule has 0 amide bonds. The number of hydrogen-bond acceptors (Lipinski definition) is 3. The Labute approximate surface area is 106 Å². The van der Waals surface area contributed by atoms with Gasteiger partial charge in [-0.1, -0.05) is 23.7 Å². The van der Waals surface area contributed by atoms with Crippen LogP contribution < -0.4 is 5.32 Å². The normalized spacial score (nSPS) is 12.6. The fourth-order valence-corrected chi connectivity index (χ4v) is 1.66. The Kier molecular flexibility index (Phi) is 3.82. The van der Waals surface area contributed by atoms with Crippen molar-refractivity contribution in [3.8, 4) is 0 Å². The number of aryl methyl sites for hydroxylation is 1. The summed E-state index contributed by atoms with van der Waals surface area (Å²) in [6.45, 7) is 4.68. The van der Waals surface area contributed by atoms with E-state index in [2.05, 4.69) is 10.3 Å². The highest BCUT2D eigenvalue weighted by Crippen LogP contribution is 2.14. The number of halogens is 1. The number of hydrogen-bond donors (Lipinski definition) is 1. The fraction of sp³-hybridized carbons (Fsp3) is 0.308. The van der Waals surface area contributed by atoms with Crippen molar-refractivity contribution in [1.82, 2.24) is 10.3 Å². The number of benzene rings is 1. The van der Waals surface area contributed by atoms with Crippen molar-refractivity contribution >= 4 is 11.6 Å². The van der Waals surface area contributed by atoms with E-state index in [9.17, 15) is 0 Å². The summed E-state index contributed by atoms with van der Waals surface area (Å²) in [5.74, 6) is 1.55. The average molecular weight is 251 g/mol. The highest BCUT2D eigenvalue weighted by Gasteiger charge is 2.10. The first-order chi connectivity index (χ1) is 8.15. The highest BCUT2D eigenvalue weighted by molar-refractivity contribution is 6.30. The quantitative estimate of drug-likeness (QED) is 0.903. The molecule has 90 valence electrons. The van der Waals surface area contributed by atoms with Gasteiger partial charge in [-0.2, -0.15) is 0 Å². The molecule has 2 rings (SSSR count). The van der Waals surface area contributed by atoms with Crippen LogP contribution in [-0.4, -0.2) is 4.98 Å². The van der Waals surface area contributed by atoms with Gasteiger partial charge in [0.15, 0.2) is 0 Å². The van der Waals surface area contributed by atoms with Crippen LogP contribution in [-0.2, 0) is 6.54 Å². The second kappa shape index (κ2) is 5.34. The fourth-order valence-electron chi connectivity index (χ4n) is 1.53. The van der Waals surface area contributed by atoms with Crippen LogP contribution in [0.3, 0.4) is 0 Å². The zero-order chi connectivity index (χ0) is 12.3. The molecule has 2 aromatic rings. The van der Waals surface area contributed by atoms with Gasteiger partial charge in [0.25, 0.3) is 0 Å². The maximum Gasteiger partial charge on any atom is 0.211 e. The van der Waals surface area contributed by atoms with Gasteiger partial charge in [0, 0.05) is 11.6 Å². The summed E-state index contributed by atoms with van der Waals surface area (Å²) in [7, 11) is 0. The Morgan fingerprint density at radius 3 is 2.65 bits per heavy atom. The Bertz CT molecular complexity index is 478. The summed E-state index contributed by atoms with van der Waals surface area (Å²) in [5.41, 5.74) is 1.18. The van der Waals surface area contributed by atoms with Gasteiger partial charge in [-0.25, -0.2) is 4.98 Å². The molecule has 0 radical (unpaired) electrons. The molecular weight excluding hydrogens is 236 g/mol. The van der Waals surface area contributed by atoms with Gasteiger partial charge in [0.05, 0.1) is 12.2 Å². The number of rotatable bonds is 4. The lowest BCUT2D eigenvalue weighted by atomic mass is 10.2. The summed E-state index contributed by atoms with van der Waals surface area (Å²) in [4.78, 5) is 4.19. The standard InChI is InChI=1S/C13H15ClN2O/c1-9-7-16-13(17-9)10(2)15-8-11-3-5-12(14)6-4-11/h3-7,10,15H,8H2,1-2H3. The molecule has 0 spiro atoms. The van der Waals surface area contributed by atoms with Crippen molar-refractivity contribution < 1.29 is 4.42 Å². The molecule has 0 aliphatic carbocycles. The van der Waals surface area contributed by atoms with Crippen LogP contribution in [0.2, 0.25) is 5.02 Å². The number of oxazole rings is 1. The predicted molar refractivity (Wildman–Crippen MR) is 67.9 cm³/mol. The Hall–Kier alpha value is -1.32. The molecule has 1 aromatic carbocycles. The maximum atomic E-state index is 5.83. The SMILES string of the molecule is Cc1cnc(C(C)NCc2ccc(Cl)cc2)o1. The number of aromatic nitrogens is 1. The first-order valence-electron chi connectivity index (χ1n) is 5.55. The Morgan fingerprint density at radius 1 is 1.35 bits per heavy atom. The van der Waals surface area contributed by atoms with E-state index in [-0.39, 0.29) is 6.04 Å². The lowest BCUT2D eigenvalue weighted by Gasteiger charge is -2.10. The summed E-state index contributed by atoms with van der Waals surface area (Å²) < 4.78 is 5.46. The molecular formula is C13H15ClN2O. The van der Waals surface area contributed by atoms with Crippen LogP contribution in [0, 0.1) is 6.92 Å². The molecule has 0 saturated carbocycles. The van der Waals surface area contributed by atoms with E-state index in [4.69, 9.17) is 16.0 Å².